The van der Waals surface area contributed by atoms with E-state index >= 15 is 0 Å². The molecule has 2 aromatic carbocycles. The van der Waals surface area contributed by atoms with Gasteiger partial charge in [-0.3, -0.25) is 4.98 Å². The molecule has 0 fully saturated rings. The lowest BCUT2D eigenvalue weighted by molar-refractivity contribution is 0.698. The average molecular weight is 327 g/mol. The van der Waals surface area contributed by atoms with Crippen molar-refractivity contribution in [2.45, 2.75) is 12.5 Å². The molecule has 0 bridgehead atoms. The van der Waals surface area contributed by atoms with E-state index in [0.29, 0.717) is 0 Å². The molecular weight excluding hydrogens is 312 g/mol. The predicted molar refractivity (Wildman–Crippen MR) is 86.5 cm³/mol. The molecule has 0 aliphatic carbocycles. The Balaban J connectivity index is 1.89. The topological polar surface area (TPSA) is 38.9 Å². The van der Waals surface area contributed by atoms with Crippen LogP contribution in [0.3, 0.4) is 0 Å². The summed E-state index contributed by atoms with van der Waals surface area (Å²) < 4.78 is 1.09. The number of halogens is 1. The van der Waals surface area contributed by atoms with E-state index in [9.17, 15) is 0 Å². The molecule has 0 radical (unpaired) electrons. The maximum Gasteiger partial charge on any atom is 0.0706 e. The highest BCUT2D eigenvalue weighted by Gasteiger charge is 2.11. The summed E-state index contributed by atoms with van der Waals surface area (Å²) in [6.07, 6.45) is 0.771. The van der Waals surface area contributed by atoms with Gasteiger partial charge >= 0.3 is 0 Å². The highest BCUT2D eigenvalue weighted by Crippen LogP contribution is 2.22. The van der Waals surface area contributed by atoms with Gasteiger partial charge in [0.05, 0.1) is 17.3 Å². The van der Waals surface area contributed by atoms with Crippen molar-refractivity contribution in [3.05, 3.63) is 76.4 Å². The van der Waals surface area contributed by atoms with Gasteiger partial charge < -0.3 is 5.73 Å². The van der Waals surface area contributed by atoms with Gasteiger partial charge in [-0.1, -0.05) is 58.4 Å². The second-order valence-electron chi connectivity index (χ2n) is 4.83. The SMILES string of the molecule is NC(Cc1ccccc1Br)c1ccc2ccccc2n1. The van der Waals surface area contributed by atoms with Crippen LogP contribution < -0.4 is 5.73 Å². The van der Waals surface area contributed by atoms with E-state index in [0.717, 1.165) is 27.5 Å². The number of nitrogens with two attached hydrogens (primary N) is 1. The molecule has 0 aliphatic rings. The van der Waals surface area contributed by atoms with Crippen molar-refractivity contribution in [1.29, 1.82) is 0 Å². The third-order valence-electron chi connectivity index (χ3n) is 3.40. The van der Waals surface area contributed by atoms with Crippen LogP contribution >= 0.6 is 15.9 Å². The first-order chi connectivity index (χ1) is 9.74. The molecule has 0 saturated heterocycles. The van der Waals surface area contributed by atoms with Crippen molar-refractivity contribution in [2.75, 3.05) is 0 Å². The summed E-state index contributed by atoms with van der Waals surface area (Å²) in [7, 11) is 0. The minimum atomic E-state index is -0.0988. The zero-order valence-electron chi connectivity index (χ0n) is 11.0. The maximum atomic E-state index is 6.30. The largest absolute Gasteiger partial charge is 0.322 e. The lowest BCUT2D eigenvalue weighted by Gasteiger charge is -2.13. The first-order valence-electron chi connectivity index (χ1n) is 6.59. The van der Waals surface area contributed by atoms with Gasteiger partial charge in [0.1, 0.15) is 0 Å². The minimum Gasteiger partial charge on any atom is -0.322 e. The molecule has 0 amide bonds. The molecule has 100 valence electrons. The van der Waals surface area contributed by atoms with Gasteiger partial charge in [0, 0.05) is 9.86 Å². The summed E-state index contributed by atoms with van der Waals surface area (Å²) in [4.78, 5) is 4.66. The monoisotopic (exact) mass is 326 g/mol. The van der Waals surface area contributed by atoms with E-state index in [1.807, 2.05) is 42.5 Å². The second-order valence-corrected chi connectivity index (χ2v) is 5.69. The molecule has 0 spiro atoms. The first kappa shape index (κ1) is 13.3. The van der Waals surface area contributed by atoms with Gasteiger partial charge in [-0.25, -0.2) is 0 Å². The van der Waals surface area contributed by atoms with Crippen LogP contribution in [-0.4, -0.2) is 4.98 Å². The fourth-order valence-electron chi connectivity index (χ4n) is 2.29. The molecule has 0 aliphatic heterocycles. The van der Waals surface area contributed by atoms with Crippen molar-refractivity contribution in [2.24, 2.45) is 5.73 Å². The Morgan fingerprint density at radius 1 is 0.950 bits per heavy atom. The summed E-state index contributed by atoms with van der Waals surface area (Å²) in [5, 5.41) is 1.14. The number of hydrogen-bond donors (Lipinski definition) is 1. The van der Waals surface area contributed by atoms with Gasteiger partial charge in [-0.2, -0.15) is 0 Å². The molecule has 0 saturated carbocycles. The molecule has 2 nitrogen and oxygen atoms in total. The van der Waals surface area contributed by atoms with Crippen LogP contribution in [0.15, 0.2) is 65.1 Å². The Morgan fingerprint density at radius 2 is 1.70 bits per heavy atom. The predicted octanol–water partition coefficient (Wildman–Crippen LogP) is 4.24. The highest BCUT2D eigenvalue weighted by molar-refractivity contribution is 9.10. The molecule has 1 heterocycles. The number of fused-ring (bicyclic) bond motifs is 1. The second kappa shape index (κ2) is 5.73. The van der Waals surface area contributed by atoms with Crippen LogP contribution in [0.1, 0.15) is 17.3 Å². The molecule has 3 heteroatoms. The Labute approximate surface area is 126 Å². The number of aromatic nitrogens is 1. The summed E-state index contributed by atoms with van der Waals surface area (Å²) in [5.74, 6) is 0. The van der Waals surface area contributed by atoms with Gasteiger partial charge in [0.2, 0.25) is 0 Å². The van der Waals surface area contributed by atoms with E-state index in [1.165, 1.54) is 5.56 Å². The molecular formula is C17H15BrN2. The van der Waals surface area contributed by atoms with Crippen molar-refractivity contribution in [3.8, 4) is 0 Å². The highest BCUT2D eigenvalue weighted by atomic mass is 79.9. The first-order valence-corrected chi connectivity index (χ1v) is 7.38. The van der Waals surface area contributed by atoms with Gasteiger partial charge in [-0.15, -0.1) is 0 Å². The number of pyridine rings is 1. The lowest BCUT2D eigenvalue weighted by Crippen LogP contribution is -2.15. The third kappa shape index (κ3) is 2.74. The normalized spacial score (nSPS) is 12.5. The minimum absolute atomic E-state index is 0.0988. The standard InChI is InChI=1S/C17H15BrN2/c18-14-7-3-1-6-13(14)11-15(19)17-10-9-12-5-2-4-8-16(12)20-17/h1-10,15H,11,19H2. The maximum absolute atomic E-state index is 6.30. The van der Waals surface area contributed by atoms with Crippen LogP contribution in [0.5, 0.6) is 0 Å². The lowest BCUT2D eigenvalue weighted by atomic mass is 10.0. The number of benzene rings is 2. The van der Waals surface area contributed by atoms with Crippen LogP contribution in [0.4, 0.5) is 0 Å². The smallest absolute Gasteiger partial charge is 0.0706 e. The zero-order valence-corrected chi connectivity index (χ0v) is 12.5. The van der Waals surface area contributed by atoms with E-state index in [4.69, 9.17) is 5.73 Å². The Kier molecular flexibility index (Phi) is 3.81. The van der Waals surface area contributed by atoms with Crippen molar-refractivity contribution in [1.82, 2.24) is 4.98 Å². The fraction of sp³-hybridized carbons (Fsp3) is 0.118. The molecule has 3 aromatic rings. The molecule has 20 heavy (non-hydrogen) atoms. The van der Waals surface area contributed by atoms with Gasteiger partial charge in [-0.05, 0) is 30.2 Å². The summed E-state index contributed by atoms with van der Waals surface area (Å²) in [6.45, 7) is 0. The van der Waals surface area contributed by atoms with Gasteiger partial charge in [0.25, 0.3) is 0 Å². The van der Waals surface area contributed by atoms with Crippen molar-refractivity contribution in [3.63, 3.8) is 0 Å². The molecule has 2 N–H and O–H groups in total. The summed E-state index contributed by atoms with van der Waals surface area (Å²) in [6, 6.07) is 20.3. The quantitative estimate of drug-likeness (QED) is 0.781. The Bertz CT molecular complexity index is 740. The van der Waals surface area contributed by atoms with Crippen LogP contribution in [0, 0.1) is 0 Å². The van der Waals surface area contributed by atoms with Gasteiger partial charge in [0.15, 0.2) is 0 Å². The average Bonchev–Trinajstić information content (AvgIpc) is 2.49. The molecule has 1 aromatic heterocycles. The molecule has 1 unspecified atom stereocenters. The van der Waals surface area contributed by atoms with E-state index in [-0.39, 0.29) is 6.04 Å². The molecule has 3 rings (SSSR count). The number of para-hydroxylation sites is 1. The number of nitrogens with zero attached hydrogens (tertiary/aromatic N) is 1. The molecule has 1 atom stereocenters. The number of rotatable bonds is 3. The Morgan fingerprint density at radius 3 is 2.55 bits per heavy atom. The van der Waals surface area contributed by atoms with Crippen LogP contribution in [0.2, 0.25) is 0 Å². The third-order valence-corrected chi connectivity index (χ3v) is 4.17. The fourth-order valence-corrected chi connectivity index (χ4v) is 2.74. The van der Waals surface area contributed by atoms with E-state index in [1.54, 1.807) is 0 Å². The summed E-state index contributed by atoms with van der Waals surface area (Å²) in [5.41, 5.74) is 9.43. The summed E-state index contributed by atoms with van der Waals surface area (Å²) >= 11 is 3.56. The van der Waals surface area contributed by atoms with Crippen molar-refractivity contribution >= 4 is 26.8 Å². The zero-order chi connectivity index (χ0) is 13.9. The van der Waals surface area contributed by atoms with Crippen LogP contribution in [-0.2, 0) is 6.42 Å². The van der Waals surface area contributed by atoms with Crippen molar-refractivity contribution < 1.29 is 0 Å². The van der Waals surface area contributed by atoms with Crippen LogP contribution in [0.25, 0.3) is 10.9 Å². The number of hydrogen-bond acceptors (Lipinski definition) is 2. The Hall–Kier alpha value is -1.71. The van der Waals surface area contributed by atoms with E-state index < -0.39 is 0 Å². The van der Waals surface area contributed by atoms with E-state index in [2.05, 4.69) is 39.1 Å².